The molecule has 3 rings (SSSR count). The zero-order chi connectivity index (χ0) is 15.1. The Morgan fingerprint density at radius 1 is 1.19 bits per heavy atom. The van der Waals surface area contributed by atoms with Crippen LogP contribution >= 0.6 is 11.3 Å². The maximum absolute atomic E-state index is 6.17. The predicted octanol–water partition coefficient (Wildman–Crippen LogP) is 3.73. The van der Waals surface area contributed by atoms with Gasteiger partial charge in [-0.05, 0) is 35.9 Å². The first-order valence-corrected chi connectivity index (χ1v) is 8.52. The fourth-order valence-corrected chi connectivity index (χ4v) is 4.37. The van der Waals surface area contributed by atoms with Crippen molar-refractivity contribution >= 4 is 11.3 Å². The molecule has 1 aliphatic carbocycles. The molecule has 0 saturated carbocycles. The van der Waals surface area contributed by atoms with Crippen molar-refractivity contribution in [2.75, 3.05) is 6.54 Å². The Balaban J connectivity index is 1.82. The third-order valence-corrected chi connectivity index (χ3v) is 5.38. The number of hydrogen-bond donors (Lipinski definition) is 1. The lowest BCUT2D eigenvalue weighted by atomic mass is 9.81. The van der Waals surface area contributed by atoms with Crippen LogP contribution in [-0.2, 0) is 24.7 Å². The van der Waals surface area contributed by atoms with Crippen LogP contribution in [-0.4, -0.2) is 11.5 Å². The molecule has 21 heavy (non-hydrogen) atoms. The molecule has 1 aliphatic rings. The van der Waals surface area contributed by atoms with Gasteiger partial charge in [-0.25, -0.2) is 4.98 Å². The van der Waals surface area contributed by atoms with E-state index in [0.717, 1.165) is 25.8 Å². The van der Waals surface area contributed by atoms with E-state index in [2.05, 4.69) is 50.4 Å². The zero-order valence-electron chi connectivity index (χ0n) is 13.1. The average molecular weight is 300 g/mol. The van der Waals surface area contributed by atoms with Crippen LogP contribution in [0, 0.1) is 5.41 Å². The molecule has 0 saturated heterocycles. The molecule has 0 unspecified atom stereocenters. The minimum absolute atomic E-state index is 0.128. The molecule has 1 heterocycles. The van der Waals surface area contributed by atoms with Crippen molar-refractivity contribution in [1.82, 2.24) is 4.98 Å². The molecule has 0 aliphatic heterocycles. The molecule has 0 spiro atoms. The number of thiazole rings is 1. The smallest absolute Gasteiger partial charge is 0.0934 e. The largest absolute Gasteiger partial charge is 0.330 e. The van der Waals surface area contributed by atoms with Gasteiger partial charge in [0, 0.05) is 17.2 Å². The van der Waals surface area contributed by atoms with Gasteiger partial charge in [-0.2, -0.15) is 0 Å². The summed E-state index contributed by atoms with van der Waals surface area (Å²) in [5.74, 6) is 0. The molecule has 2 aromatic rings. The predicted molar refractivity (Wildman–Crippen MR) is 89.9 cm³/mol. The van der Waals surface area contributed by atoms with E-state index in [-0.39, 0.29) is 10.8 Å². The molecule has 112 valence electrons. The van der Waals surface area contributed by atoms with E-state index in [4.69, 9.17) is 10.7 Å². The molecule has 0 amide bonds. The molecule has 1 aromatic heterocycles. The SMILES string of the molecule is CC(C)(C)c1csc(CC2(CN)Cc3ccccc3C2)n1. The average Bonchev–Trinajstić information content (AvgIpc) is 3.02. The molecule has 0 bridgehead atoms. The molecule has 0 radical (unpaired) electrons. The lowest BCUT2D eigenvalue weighted by Gasteiger charge is -2.26. The highest BCUT2D eigenvalue weighted by molar-refractivity contribution is 7.09. The first-order chi connectivity index (χ1) is 9.92. The minimum atomic E-state index is 0.128. The fourth-order valence-electron chi connectivity index (χ4n) is 3.17. The highest BCUT2D eigenvalue weighted by Gasteiger charge is 2.37. The lowest BCUT2D eigenvalue weighted by molar-refractivity contribution is 0.314. The van der Waals surface area contributed by atoms with E-state index in [1.54, 1.807) is 11.3 Å². The summed E-state index contributed by atoms with van der Waals surface area (Å²) in [5, 5.41) is 3.44. The van der Waals surface area contributed by atoms with Crippen molar-refractivity contribution < 1.29 is 0 Å². The van der Waals surface area contributed by atoms with Crippen molar-refractivity contribution in [3.8, 4) is 0 Å². The summed E-state index contributed by atoms with van der Waals surface area (Å²) < 4.78 is 0. The van der Waals surface area contributed by atoms with Crippen molar-refractivity contribution in [3.05, 3.63) is 51.5 Å². The van der Waals surface area contributed by atoms with Crippen molar-refractivity contribution in [2.24, 2.45) is 11.1 Å². The number of fused-ring (bicyclic) bond motifs is 1. The third-order valence-electron chi connectivity index (χ3n) is 4.53. The molecule has 2 nitrogen and oxygen atoms in total. The molecule has 3 heteroatoms. The number of nitrogens with zero attached hydrogens (tertiary/aromatic N) is 1. The monoisotopic (exact) mass is 300 g/mol. The van der Waals surface area contributed by atoms with E-state index in [1.807, 2.05) is 0 Å². The summed E-state index contributed by atoms with van der Waals surface area (Å²) in [5.41, 5.74) is 10.6. The topological polar surface area (TPSA) is 38.9 Å². The molecule has 1 aromatic carbocycles. The number of hydrogen-bond acceptors (Lipinski definition) is 3. The second-order valence-electron chi connectivity index (χ2n) is 7.38. The van der Waals surface area contributed by atoms with Gasteiger partial charge in [0.15, 0.2) is 0 Å². The van der Waals surface area contributed by atoms with Crippen LogP contribution in [0.1, 0.15) is 42.6 Å². The van der Waals surface area contributed by atoms with Gasteiger partial charge >= 0.3 is 0 Å². The number of aromatic nitrogens is 1. The highest BCUT2D eigenvalue weighted by atomic mass is 32.1. The van der Waals surface area contributed by atoms with Gasteiger partial charge in [-0.15, -0.1) is 11.3 Å². The van der Waals surface area contributed by atoms with Crippen LogP contribution in [0.5, 0.6) is 0 Å². The van der Waals surface area contributed by atoms with Gasteiger partial charge in [0.2, 0.25) is 0 Å². The Morgan fingerprint density at radius 3 is 2.29 bits per heavy atom. The minimum Gasteiger partial charge on any atom is -0.330 e. The summed E-state index contributed by atoms with van der Waals surface area (Å²) in [4.78, 5) is 4.86. The van der Waals surface area contributed by atoms with Gasteiger partial charge in [0.05, 0.1) is 10.7 Å². The van der Waals surface area contributed by atoms with Gasteiger partial charge in [-0.1, -0.05) is 45.0 Å². The van der Waals surface area contributed by atoms with E-state index < -0.39 is 0 Å². The molecule has 2 N–H and O–H groups in total. The summed E-state index contributed by atoms with van der Waals surface area (Å²) in [6.07, 6.45) is 3.17. The van der Waals surface area contributed by atoms with E-state index >= 15 is 0 Å². The Bertz CT molecular complexity index is 612. The van der Waals surface area contributed by atoms with Crippen LogP contribution in [0.2, 0.25) is 0 Å². The van der Waals surface area contributed by atoms with Crippen molar-refractivity contribution in [2.45, 2.75) is 45.4 Å². The molecule has 0 atom stereocenters. The maximum atomic E-state index is 6.17. The lowest BCUT2D eigenvalue weighted by Crippen LogP contribution is -2.33. The zero-order valence-corrected chi connectivity index (χ0v) is 14.0. The Morgan fingerprint density at radius 2 is 1.81 bits per heavy atom. The number of benzene rings is 1. The van der Waals surface area contributed by atoms with E-state index in [9.17, 15) is 0 Å². The van der Waals surface area contributed by atoms with Crippen LogP contribution in [0.4, 0.5) is 0 Å². The quantitative estimate of drug-likeness (QED) is 0.938. The second kappa shape index (κ2) is 5.22. The van der Waals surface area contributed by atoms with Crippen LogP contribution in [0.25, 0.3) is 0 Å². The number of nitrogens with two attached hydrogens (primary N) is 1. The summed E-state index contributed by atoms with van der Waals surface area (Å²) in [6, 6.07) is 8.75. The van der Waals surface area contributed by atoms with Crippen LogP contribution in [0.15, 0.2) is 29.6 Å². The van der Waals surface area contributed by atoms with E-state index in [1.165, 1.54) is 21.8 Å². The van der Waals surface area contributed by atoms with Gasteiger partial charge in [0.25, 0.3) is 0 Å². The third kappa shape index (κ3) is 2.90. The molecule has 0 fully saturated rings. The molecular formula is C18H24N2S. The van der Waals surface area contributed by atoms with Crippen molar-refractivity contribution in [1.29, 1.82) is 0 Å². The Labute approximate surface area is 131 Å². The summed E-state index contributed by atoms with van der Waals surface area (Å²) in [6.45, 7) is 7.38. The van der Waals surface area contributed by atoms with E-state index in [0.29, 0.717) is 0 Å². The van der Waals surface area contributed by atoms with Gasteiger partial charge in [-0.3, -0.25) is 0 Å². The second-order valence-corrected chi connectivity index (χ2v) is 8.32. The summed E-state index contributed by atoms with van der Waals surface area (Å²) in [7, 11) is 0. The Kier molecular flexibility index (Phi) is 3.66. The Hall–Kier alpha value is -1.19. The van der Waals surface area contributed by atoms with Gasteiger partial charge < -0.3 is 5.73 Å². The maximum Gasteiger partial charge on any atom is 0.0934 e. The first-order valence-electron chi connectivity index (χ1n) is 7.64. The summed E-state index contributed by atoms with van der Waals surface area (Å²) >= 11 is 1.79. The van der Waals surface area contributed by atoms with Crippen molar-refractivity contribution in [3.63, 3.8) is 0 Å². The molecular weight excluding hydrogens is 276 g/mol. The fraction of sp³-hybridized carbons (Fsp3) is 0.500. The normalized spacial score (nSPS) is 17.0. The van der Waals surface area contributed by atoms with Crippen LogP contribution in [0.3, 0.4) is 0 Å². The highest BCUT2D eigenvalue weighted by Crippen LogP contribution is 2.39. The number of rotatable bonds is 3. The standard InChI is InChI=1S/C18H24N2S/c1-17(2,3)15-11-21-16(20-15)10-18(12-19)8-13-6-4-5-7-14(13)9-18/h4-7,11H,8-10,12,19H2,1-3H3. The van der Waals surface area contributed by atoms with Gasteiger partial charge in [0.1, 0.15) is 0 Å². The first kappa shape index (κ1) is 14.7. The van der Waals surface area contributed by atoms with Crippen LogP contribution < -0.4 is 5.73 Å².